The van der Waals surface area contributed by atoms with Crippen LogP contribution in [0.4, 0.5) is 0 Å². The Bertz CT molecular complexity index is 529. The molecule has 0 aliphatic rings. The van der Waals surface area contributed by atoms with E-state index in [9.17, 15) is 0 Å². The van der Waals surface area contributed by atoms with Gasteiger partial charge >= 0.3 is 0 Å². The minimum atomic E-state index is 0.456. The van der Waals surface area contributed by atoms with E-state index in [0.29, 0.717) is 12.5 Å². The van der Waals surface area contributed by atoms with Crippen LogP contribution in [-0.4, -0.2) is 14.2 Å². The summed E-state index contributed by atoms with van der Waals surface area (Å²) in [7, 11) is 3.64. The van der Waals surface area contributed by atoms with Gasteiger partial charge in [0.15, 0.2) is 0 Å². The summed E-state index contributed by atoms with van der Waals surface area (Å²) in [6.45, 7) is 5.69. The van der Waals surface area contributed by atoms with E-state index in [1.807, 2.05) is 7.05 Å². The molecule has 3 nitrogen and oxygen atoms in total. The lowest BCUT2D eigenvalue weighted by molar-refractivity contribution is 0.183. The minimum absolute atomic E-state index is 0.456. The first-order chi connectivity index (χ1) is 8.69. The van der Waals surface area contributed by atoms with Crippen LogP contribution in [0.3, 0.4) is 0 Å². The minimum Gasteiger partial charge on any atom is -0.459 e. The zero-order chi connectivity index (χ0) is 13.1. The highest BCUT2D eigenvalue weighted by Crippen LogP contribution is 2.32. The van der Waals surface area contributed by atoms with Gasteiger partial charge in [0.1, 0.15) is 11.3 Å². The van der Waals surface area contributed by atoms with Crippen LogP contribution in [0.25, 0.3) is 11.0 Å². The third-order valence-corrected chi connectivity index (χ3v) is 3.18. The quantitative estimate of drug-likeness (QED) is 0.879. The molecular formula is C15H21NO2. The molecule has 2 rings (SSSR count). The summed E-state index contributed by atoms with van der Waals surface area (Å²) in [6, 6.07) is 6.34. The van der Waals surface area contributed by atoms with E-state index in [1.165, 1.54) is 10.9 Å². The molecule has 1 heterocycles. The van der Waals surface area contributed by atoms with Crippen LogP contribution in [0.15, 0.2) is 22.6 Å². The number of benzene rings is 1. The van der Waals surface area contributed by atoms with Gasteiger partial charge in [-0.15, -0.1) is 0 Å². The lowest BCUT2D eigenvalue weighted by Crippen LogP contribution is -2.06. The van der Waals surface area contributed by atoms with E-state index >= 15 is 0 Å². The molecule has 98 valence electrons. The average molecular weight is 247 g/mol. The van der Waals surface area contributed by atoms with Crippen molar-refractivity contribution in [2.24, 2.45) is 0 Å². The topological polar surface area (TPSA) is 34.4 Å². The molecule has 1 N–H and O–H groups in total. The van der Waals surface area contributed by atoms with E-state index in [0.717, 1.165) is 23.5 Å². The molecule has 0 radical (unpaired) electrons. The van der Waals surface area contributed by atoms with Gasteiger partial charge in [0.05, 0.1) is 13.2 Å². The van der Waals surface area contributed by atoms with Crippen molar-refractivity contribution in [3.63, 3.8) is 0 Å². The van der Waals surface area contributed by atoms with Crippen LogP contribution in [0.1, 0.15) is 36.7 Å². The van der Waals surface area contributed by atoms with Crippen molar-refractivity contribution in [2.45, 2.75) is 32.9 Å². The monoisotopic (exact) mass is 247 g/mol. The summed E-state index contributed by atoms with van der Waals surface area (Å²) in [6.07, 6.45) is 0. The SMILES string of the molecule is CNCc1oc2c(C(C)C)cccc2c1COC. The summed E-state index contributed by atoms with van der Waals surface area (Å²) >= 11 is 0. The van der Waals surface area contributed by atoms with E-state index in [-0.39, 0.29) is 0 Å². The zero-order valence-corrected chi connectivity index (χ0v) is 11.5. The van der Waals surface area contributed by atoms with Crippen LogP contribution in [0.5, 0.6) is 0 Å². The summed E-state index contributed by atoms with van der Waals surface area (Å²) in [5.41, 5.74) is 3.42. The van der Waals surface area contributed by atoms with Gasteiger partial charge in [-0.1, -0.05) is 32.0 Å². The van der Waals surface area contributed by atoms with Gasteiger partial charge < -0.3 is 14.5 Å². The van der Waals surface area contributed by atoms with Crippen LogP contribution in [0, 0.1) is 0 Å². The van der Waals surface area contributed by atoms with Crippen molar-refractivity contribution >= 4 is 11.0 Å². The maximum absolute atomic E-state index is 6.04. The molecule has 0 amide bonds. The maximum Gasteiger partial charge on any atom is 0.138 e. The Morgan fingerprint density at radius 1 is 1.33 bits per heavy atom. The van der Waals surface area contributed by atoms with Crippen molar-refractivity contribution in [3.05, 3.63) is 35.1 Å². The first-order valence-electron chi connectivity index (χ1n) is 6.35. The number of nitrogens with one attached hydrogen (secondary N) is 1. The second-order valence-electron chi connectivity index (χ2n) is 4.85. The molecule has 0 atom stereocenters. The van der Waals surface area contributed by atoms with Crippen molar-refractivity contribution in [1.29, 1.82) is 0 Å². The molecule has 1 aromatic heterocycles. The van der Waals surface area contributed by atoms with Crippen LogP contribution >= 0.6 is 0 Å². The molecule has 0 unspecified atom stereocenters. The predicted molar refractivity (Wildman–Crippen MR) is 73.8 cm³/mol. The van der Waals surface area contributed by atoms with Crippen molar-refractivity contribution < 1.29 is 9.15 Å². The Morgan fingerprint density at radius 3 is 2.72 bits per heavy atom. The largest absolute Gasteiger partial charge is 0.459 e. The Hall–Kier alpha value is -1.32. The van der Waals surface area contributed by atoms with Crippen molar-refractivity contribution in [3.8, 4) is 0 Å². The van der Waals surface area contributed by atoms with E-state index in [1.54, 1.807) is 7.11 Å². The average Bonchev–Trinajstić information content (AvgIpc) is 2.68. The number of hydrogen-bond donors (Lipinski definition) is 1. The molecule has 0 spiro atoms. The van der Waals surface area contributed by atoms with Gasteiger partial charge in [0.2, 0.25) is 0 Å². The Labute approximate surface area is 108 Å². The van der Waals surface area contributed by atoms with Crippen LogP contribution in [-0.2, 0) is 17.9 Å². The molecule has 3 heteroatoms. The number of para-hydroxylation sites is 1. The van der Waals surface area contributed by atoms with Crippen molar-refractivity contribution in [2.75, 3.05) is 14.2 Å². The summed E-state index contributed by atoms with van der Waals surface area (Å²) in [4.78, 5) is 0. The first-order valence-corrected chi connectivity index (χ1v) is 6.35. The second-order valence-corrected chi connectivity index (χ2v) is 4.85. The molecule has 0 aliphatic carbocycles. The number of methoxy groups -OCH3 is 1. The third kappa shape index (κ3) is 2.28. The molecular weight excluding hydrogens is 226 g/mol. The van der Waals surface area contributed by atoms with Gasteiger partial charge in [-0.25, -0.2) is 0 Å². The highest BCUT2D eigenvalue weighted by atomic mass is 16.5. The first kappa shape index (κ1) is 13.1. The second kappa shape index (κ2) is 5.55. The normalized spacial score (nSPS) is 11.6. The number of fused-ring (bicyclic) bond motifs is 1. The van der Waals surface area contributed by atoms with Crippen LogP contribution in [0.2, 0.25) is 0 Å². The van der Waals surface area contributed by atoms with Gasteiger partial charge in [0.25, 0.3) is 0 Å². The maximum atomic E-state index is 6.04. The molecule has 18 heavy (non-hydrogen) atoms. The lowest BCUT2D eigenvalue weighted by atomic mass is 10.00. The molecule has 1 aromatic carbocycles. The highest BCUT2D eigenvalue weighted by Gasteiger charge is 2.16. The fourth-order valence-corrected chi connectivity index (χ4v) is 2.30. The Morgan fingerprint density at radius 2 is 2.11 bits per heavy atom. The van der Waals surface area contributed by atoms with E-state index < -0.39 is 0 Å². The summed E-state index contributed by atoms with van der Waals surface area (Å²) in [5.74, 6) is 1.43. The fraction of sp³-hybridized carbons (Fsp3) is 0.467. The predicted octanol–water partition coefficient (Wildman–Crippen LogP) is 3.42. The molecule has 0 saturated heterocycles. The van der Waals surface area contributed by atoms with Crippen LogP contribution < -0.4 is 5.32 Å². The summed E-state index contributed by atoms with van der Waals surface area (Å²) < 4.78 is 11.3. The number of ether oxygens (including phenoxy) is 1. The summed E-state index contributed by atoms with van der Waals surface area (Å²) in [5, 5.41) is 4.32. The standard InChI is InChI=1S/C15H21NO2/c1-10(2)11-6-5-7-12-13(9-17-4)14(8-16-3)18-15(11)12/h5-7,10,16H,8-9H2,1-4H3. The number of rotatable bonds is 5. The molecule has 2 aromatic rings. The van der Waals surface area contributed by atoms with E-state index in [2.05, 4.69) is 37.4 Å². The fourth-order valence-electron chi connectivity index (χ4n) is 2.30. The molecule has 0 fully saturated rings. The molecule has 0 bridgehead atoms. The number of hydrogen-bond acceptors (Lipinski definition) is 3. The Kier molecular flexibility index (Phi) is 4.04. The zero-order valence-electron chi connectivity index (χ0n) is 11.5. The lowest BCUT2D eigenvalue weighted by Gasteiger charge is -2.05. The van der Waals surface area contributed by atoms with Gasteiger partial charge in [-0.3, -0.25) is 0 Å². The molecule has 0 saturated carbocycles. The van der Waals surface area contributed by atoms with Gasteiger partial charge in [-0.2, -0.15) is 0 Å². The number of furan rings is 1. The van der Waals surface area contributed by atoms with Crippen molar-refractivity contribution in [1.82, 2.24) is 5.32 Å². The highest BCUT2D eigenvalue weighted by molar-refractivity contribution is 5.85. The van der Waals surface area contributed by atoms with Gasteiger partial charge in [0, 0.05) is 18.1 Å². The molecule has 0 aliphatic heterocycles. The van der Waals surface area contributed by atoms with Gasteiger partial charge in [-0.05, 0) is 18.5 Å². The smallest absolute Gasteiger partial charge is 0.138 e. The van der Waals surface area contributed by atoms with E-state index in [4.69, 9.17) is 9.15 Å². The third-order valence-electron chi connectivity index (χ3n) is 3.18. The Balaban J connectivity index is 2.63.